The third-order valence-corrected chi connectivity index (χ3v) is 3.19. The number of aryl methyl sites for hydroxylation is 3. The number of hydrogen-bond donors (Lipinski definition) is 1. The van der Waals surface area contributed by atoms with Gasteiger partial charge in [0.15, 0.2) is 5.82 Å². The van der Waals surface area contributed by atoms with Gasteiger partial charge in [0, 0.05) is 18.9 Å². The third-order valence-electron chi connectivity index (χ3n) is 3.19. The average Bonchev–Trinajstić information content (AvgIpc) is 2.84. The van der Waals surface area contributed by atoms with E-state index in [1.165, 1.54) is 11.1 Å². The molecule has 1 aromatic carbocycles. The molecule has 0 saturated carbocycles. The number of rotatable bonds is 6. The molecule has 0 spiro atoms. The molecule has 1 heterocycles. The van der Waals surface area contributed by atoms with E-state index in [1.807, 2.05) is 0 Å². The molecule has 0 radical (unpaired) electrons. The topological polar surface area (TPSA) is 64.9 Å². The maximum absolute atomic E-state index is 5.87. The van der Waals surface area contributed by atoms with Gasteiger partial charge in [-0.05, 0) is 25.3 Å². The largest absolute Gasteiger partial charge is 0.339 e. The first-order valence-corrected chi connectivity index (χ1v) is 6.80. The summed E-state index contributed by atoms with van der Waals surface area (Å²) in [5, 5.41) is 3.97. The van der Waals surface area contributed by atoms with Gasteiger partial charge in [0.25, 0.3) is 0 Å². The van der Waals surface area contributed by atoms with Crippen LogP contribution in [0.15, 0.2) is 28.8 Å². The Morgan fingerprint density at radius 1 is 1.32 bits per heavy atom. The Morgan fingerprint density at radius 2 is 2.16 bits per heavy atom. The van der Waals surface area contributed by atoms with Crippen LogP contribution in [0.4, 0.5) is 0 Å². The molecule has 4 nitrogen and oxygen atoms in total. The highest BCUT2D eigenvalue weighted by molar-refractivity contribution is 5.22. The Kier molecular flexibility index (Phi) is 4.68. The zero-order valence-electron chi connectivity index (χ0n) is 11.6. The Morgan fingerprint density at radius 3 is 2.89 bits per heavy atom. The van der Waals surface area contributed by atoms with Crippen molar-refractivity contribution in [3.8, 4) is 0 Å². The molecule has 0 bridgehead atoms. The quantitative estimate of drug-likeness (QED) is 0.865. The van der Waals surface area contributed by atoms with Gasteiger partial charge in [-0.15, -0.1) is 0 Å². The van der Waals surface area contributed by atoms with E-state index in [0.717, 1.165) is 19.3 Å². The highest BCUT2D eigenvalue weighted by Crippen LogP contribution is 2.09. The minimum Gasteiger partial charge on any atom is -0.339 e. The second-order valence-electron chi connectivity index (χ2n) is 4.97. The number of benzene rings is 1. The molecule has 0 aliphatic rings. The lowest BCUT2D eigenvalue weighted by molar-refractivity contribution is 0.371. The molecule has 102 valence electrons. The Hall–Kier alpha value is -1.68. The molecule has 0 aliphatic carbocycles. The number of hydrogen-bond acceptors (Lipinski definition) is 4. The van der Waals surface area contributed by atoms with Crippen molar-refractivity contribution in [3.05, 3.63) is 47.1 Å². The molecular weight excluding hydrogens is 238 g/mol. The van der Waals surface area contributed by atoms with E-state index in [0.29, 0.717) is 18.1 Å². The van der Waals surface area contributed by atoms with Crippen molar-refractivity contribution in [2.45, 2.75) is 45.6 Å². The monoisotopic (exact) mass is 259 g/mol. The second-order valence-corrected chi connectivity index (χ2v) is 4.97. The molecule has 4 heteroatoms. The SMILES string of the molecule is CCC(N)Cc1noc(CCc2cccc(C)c2)n1. The number of nitrogens with two attached hydrogens (primary N) is 1. The zero-order chi connectivity index (χ0) is 13.7. The fraction of sp³-hybridized carbons (Fsp3) is 0.467. The highest BCUT2D eigenvalue weighted by Gasteiger charge is 2.09. The van der Waals surface area contributed by atoms with Crippen LogP contribution in [0.5, 0.6) is 0 Å². The molecule has 1 unspecified atom stereocenters. The van der Waals surface area contributed by atoms with Gasteiger partial charge in [-0.1, -0.05) is 41.9 Å². The summed E-state index contributed by atoms with van der Waals surface area (Å²) < 4.78 is 5.25. The van der Waals surface area contributed by atoms with Gasteiger partial charge >= 0.3 is 0 Å². The third kappa shape index (κ3) is 4.17. The minimum atomic E-state index is 0.113. The van der Waals surface area contributed by atoms with Crippen LogP contribution < -0.4 is 5.73 Å². The van der Waals surface area contributed by atoms with Crippen molar-refractivity contribution in [1.29, 1.82) is 0 Å². The smallest absolute Gasteiger partial charge is 0.226 e. The van der Waals surface area contributed by atoms with E-state index < -0.39 is 0 Å². The summed E-state index contributed by atoms with van der Waals surface area (Å²) in [6, 6.07) is 8.59. The molecule has 2 N–H and O–H groups in total. The average molecular weight is 259 g/mol. The molecule has 1 aromatic heterocycles. The van der Waals surface area contributed by atoms with Crippen molar-refractivity contribution >= 4 is 0 Å². The maximum atomic E-state index is 5.87. The fourth-order valence-electron chi connectivity index (χ4n) is 1.97. The van der Waals surface area contributed by atoms with Crippen molar-refractivity contribution in [2.24, 2.45) is 5.73 Å². The van der Waals surface area contributed by atoms with Crippen molar-refractivity contribution in [3.63, 3.8) is 0 Å². The summed E-state index contributed by atoms with van der Waals surface area (Å²) >= 11 is 0. The lowest BCUT2D eigenvalue weighted by Crippen LogP contribution is -2.22. The van der Waals surface area contributed by atoms with Gasteiger partial charge in [0.2, 0.25) is 5.89 Å². The number of nitrogens with zero attached hydrogens (tertiary/aromatic N) is 2. The van der Waals surface area contributed by atoms with Crippen LogP contribution in [0, 0.1) is 6.92 Å². The van der Waals surface area contributed by atoms with E-state index in [1.54, 1.807) is 0 Å². The normalized spacial score (nSPS) is 12.6. The van der Waals surface area contributed by atoms with Gasteiger partial charge in [0.1, 0.15) is 0 Å². The predicted molar refractivity (Wildman–Crippen MR) is 74.9 cm³/mol. The van der Waals surface area contributed by atoms with Crippen molar-refractivity contribution in [1.82, 2.24) is 10.1 Å². The molecule has 0 aliphatic heterocycles. The standard InChI is InChI=1S/C15H21N3O/c1-3-13(16)10-14-17-15(19-18-14)8-7-12-6-4-5-11(2)9-12/h4-6,9,13H,3,7-8,10,16H2,1-2H3. The highest BCUT2D eigenvalue weighted by atomic mass is 16.5. The second kappa shape index (κ2) is 6.48. The van der Waals surface area contributed by atoms with E-state index in [-0.39, 0.29) is 6.04 Å². The molecule has 0 saturated heterocycles. The summed E-state index contributed by atoms with van der Waals surface area (Å²) in [4.78, 5) is 4.38. The first-order chi connectivity index (χ1) is 9.17. The van der Waals surface area contributed by atoms with E-state index in [2.05, 4.69) is 48.3 Å². The van der Waals surface area contributed by atoms with Crippen LogP contribution in [0.1, 0.15) is 36.2 Å². The Balaban J connectivity index is 1.90. The molecule has 2 rings (SSSR count). The Labute approximate surface area is 114 Å². The molecule has 0 amide bonds. The lowest BCUT2D eigenvalue weighted by Gasteiger charge is -2.02. The summed E-state index contributed by atoms with van der Waals surface area (Å²) in [5.74, 6) is 1.41. The van der Waals surface area contributed by atoms with Gasteiger partial charge < -0.3 is 10.3 Å². The lowest BCUT2D eigenvalue weighted by atomic mass is 10.1. The van der Waals surface area contributed by atoms with Crippen LogP contribution >= 0.6 is 0 Å². The van der Waals surface area contributed by atoms with Crippen LogP contribution in [-0.4, -0.2) is 16.2 Å². The number of aromatic nitrogens is 2. The first-order valence-electron chi connectivity index (χ1n) is 6.80. The van der Waals surface area contributed by atoms with Crippen LogP contribution in [0.3, 0.4) is 0 Å². The van der Waals surface area contributed by atoms with Gasteiger partial charge in [-0.2, -0.15) is 4.98 Å². The summed E-state index contributed by atoms with van der Waals surface area (Å²) in [6.45, 7) is 4.16. The predicted octanol–water partition coefficient (Wildman–Crippen LogP) is 2.44. The molecular formula is C15H21N3O. The summed E-state index contributed by atoms with van der Waals surface area (Å²) in [5.41, 5.74) is 8.45. The maximum Gasteiger partial charge on any atom is 0.226 e. The molecule has 2 aromatic rings. The van der Waals surface area contributed by atoms with E-state index in [9.17, 15) is 0 Å². The molecule has 0 fully saturated rings. The van der Waals surface area contributed by atoms with Gasteiger partial charge in [0.05, 0.1) is 0 Å². The summed E-state index contributed by atoms with van der Waals surface area (Å²) in [7, 11) is 0. The van der Waals surface area contributed by atoms with Crippen molar-refractivity contribution in [2.75, 3.05) is 0 Å². The van der Waals surface area contributed by atoms with Gasteiger partial charge in [-0.3, -0.25) is 0 Å². The van der Waals surface area contributed by atoms with Crippen LogP contribution in [0.2, 0.25) is 0 Å². The van der Waals surface area contributed by atoms with E-state index >= 15 is 0 Å². The van der Waals surface area contributed by atoms with Crippen LogP contribution in [-0.2, 0) is 19.3 Å². The Bertz CT molecular complexity index is 522. The van der Waals surface area contributed by atoms with Gasteiger partial charge in [-0.25, -0.2) is 0 Å². The minimum absolute atomic E-state index is 0.113. The molecule has 1 atom stereocenters. The zero-order valence-corrected chi connectivity index (χ0v) is 11.6. The summed E-state index contributed by atoms with van der Waals surface area (Å²) in [6.07, 6.45) is 3.30. The fourth-order valence-corrected chi connectivity index (χ4v) is 1.97. The van der Waals surface area contributed by atoms with Crippen LogP contribution in [0.25, 0.3) is 0 Å². The van der Waals surface area contributed by atoms with E-state index in [4.69, 9.17) is 10.3 Å². The first kappa shape index (κ1) is 13.7. The molecule has 19 heavy (non-hydrogen) atoms. The van der Waals surface area contributed by atoms with Crippen molar-refractivity contribution < 1.29 is 4.52 Å².